The summed E-state index contributed by atoms with van der Waals surface area (Å²) in [7, 11) is 1.54. The molecular weight excluding hydrogens is 242 g/mol. The van der Waals surface area contributed by atoms with E-state index in [1.807, 2.05) is 0 Å². The number of carbonyl (C=O) groups excluding carboxylic acids is 1. The van der Waals surface area contributed by atoms with E-state index in [1.165, 1.54) is 11.9 Å². The van der Waals surface area contributed by atoms with Gasteiger partial charge in [0.25, 0.3) is 0 Å². The number of urea groups is 1. The number of nitrogens with one attached hydrogen (secondary N) is 1. The summed E-state index contributed by atoms with van der Waals surface area (Å²) in [5.41, 5.74) is 0.0568. The van der Waals surface area contributed by atoms with Crippen LogP contribution in [-0.2, 0) is 0 Å². The molecule has 1 aromatic carbocycles. The Morgan fingerprint density at radius 3 is 2.44 bits per heavy atom. The number of carbonyl (C=O) groups is 1. The third-order valence-corrected chi connectivity index (χ3v) is 2.34. The van der Waals surface area contributed by atoms with E-state index in [0.717, 1.165) is 18.2 Å². The molecule has 0 saturated carbocycles. The van der Waals surface area contributed by atoms with Gasteiger partial charge in [0.2, 0.25) is 0 Å². The maximum absolute atomic E-state index is 12.9. The summed E-state index contributed by atoms with van der Waals surface area (Å²) in [6, 6.07) is 2.31. The maximum Gasteiger partial charge on any atom is 0.321 e. The third kappa shape index (κ3) is 4.67. The predicted molar refractivity (Wildman–Crippen MR) is 64.3 cm³/mol. The van der Waals surface area contributed by atoms with E-state index in [1.54, 1.807) is 6.92 Å². The lowest BCUT2D eigenvalue weighted by Crippen LogP contribution is -2.33. The highest BCUT2D eigenvalue weighted by molar-refractivity contribution is 5.89. The summed E-state index contributed by atoms with van der Waals surface area (Å²) in [6.07, 6.45) is -0.0756. The smallest absolute Gasteiger partial charge is 0.321 e. The van der Waals surface area contributed by atoms with Crippen molar-refractivity contribution in [1.29, 1.82) is 0 Å². The molecule has 0 bridgehead atoms. The molecular formula is C12H16F2N2O2. The highest BCUT2D eigenvalue weighted by atomic mass is 19.1. The molecule has 0 aliphatic heterocycles. The van der Waals surface area contributed by atoms with Gasteiger partial charge in [0.15, 0.2) is 0 Å². The SMILES string of the molecule is CC(O)CCN(C)C(=O)Nc1cc(F)cc(F)c1. The van der Waals surface area contributed by atoms with Crippen LogP contribution in [0.4, 0.5) is 19.3 Å². The van der Waals surface area contributed by atoms with Gasteiger partial charge in [-0.05, 0) is 25.5 Å². The molecule has 100 valence electrons. The molecule has 1 unspecified atom stereocenters. The van der Waals surface area contributed by atoms with E-state index < -0.39 is 23.8 Å². The van der Waals surface area contributed by atoms with Crippen molar-refractivity contribution < 1.29 is 18.7 Å². The molecule has 18 heavy (non-hydrogen) atoms. The van der Waals surface area contributed by atoms with Gasteiger partial charge in [-0.3, -0.25) is 0 Å². The largest absolute Gasteiger partial charge is 0.393 e. The molecule has 0 aliphatic rings. The molecule has 2 N–H and O–H groups in total. The molecule has 0 aromatic heterocycles. The van der Waals surface area contributed by atoms with Gasteiger partial charge in [0.1, 0.15) is 11.6 Å². The number of amides is 2. The first-order valence-corrected chi connectivity index (χ1v) is 5.54. The Labute approximate surface area is 104 Å². The minimum absolute atomic E-state index is 0.0568. The second-order valence-electron chi connectivity index (χ2n) is 4.15. The second-order valence-corrected chi connectivity index (χ2v) is 4.15. The fourth-order valence-corrected chi connectivity index (χ4v) is 1.33. The lowest BCUT2D eigenvalue weighted by Gasteiger charge is -2.18. The standard InChI is InChI=1S/C12H16F2N2O2/c1-8(17)3-4-16(2)12(18)15-11-6-9(13)5-10(14)7-11/h5-8,17H,3-4H2,1-2H3,(H,15,18). The molecule has 1 rings (SSSR count). The number of hydrogen-bond donors (Lipinski definition) is 2. The van der Waals surface area contributed by atoms with E-state index in [9.17, 15) is 13.6 Å². The van der Waals surface area contributed by atoms with Crippen molar-refractivity contribution in [3.63, 3.8) is 0 Å². The van der Waals surface area contributed by atoms with Crippen LogP contribution >= 0.6 is 0 Å². The lowest BCUT2D eigenvalue weighted by molar-refractivity contribution is 0.167. The number of rotatable bonds is 4. The Kier molecular flexibility index (Phi) is 5.03. The first-order valence-electron chi connectivity index (χ1n) is 5.54. The maximum atomic E-state index is 12.9. The number of halogens is 2. The summed E-state index contributed by atoms with van der Waals surface area (Å²) in [4.78, 5) is 13.0. The van der Waals surface area contributed by atoms with Gasteiger partial charge >= 0.3 is 6.03 Å². The summed E-state index contributed by atoms with van der Waals surface area (Å²) >= 11 is 0. The summed E-state index contributed by atoms with van der Waals surface area (Å²) < 4.78 is 25.8. The highest BCUT2D eigenvalue weighted by Crippen LogP contribution is 2.13. The van der Waals surface area contributed by atoms with E-state index in [0.29, 0.717) is 13.0 Å². The summed E-state index contributed by atoms with van der Waals surface area (Å²) in [6.45, 7) is 1.97. The Morgan fingerprint density at radius 1 is 1.39 bits per heavy atom. The quantitative estimate of drug-likeness (QED) is 0.869. The fourth-order valence-electron chi connectivity index (χ4n) is 1.33. The Bertz CT molecular complexity index is 404. The van der Waals surface area contributed by atoms with Crippen LogP contribution in [0.5, 0.6) is 0 Å². The minimum Gasteiger partial charge on any atom is -0.393 e. The lowest BCUT2D eigenvalue weighted by atomic mass is 10.3. The van der Waals surface area contributed by atoms with Crippen LogP contribution in [0.15, 0.2) is 18.2 Å². The molecule has 1 atom stereocenters. The number of benzene rings is 1. The average Bonchev–Trinajstić information content (AvgIpc) is 2.24. The Balaban J connectivity index is 2.58. The minimum atomic E-state index is -0.753. The Hall–Kier alpha value is -1.69. The van der Waals surface area contributed by atoms with Crippen molar-refractivity contribution >= 4 is 11.7 Å². The van der Waals surface area contributed by atoms with Crippen molar-refractivity contribution in [2.24, 2.45) is 0 Å². The average molecular weight is 258 g/mol. The van der Waals surface area contributed by atoms with Crippen LogP contribution < -0.4 is 5.32 Å². The van der Waals surface area contributed by atoms with Crippen molar-refractivity contribution in [1.82, 2.24) is 4.90 Å². The van der Waals surface area contributed by atoms with Gasteiger partial charge < -0.3 is 15.3 Å². The molecule has 4 nitrogen and oxygen atoms in total. The van der Waals surface area contributed by atoms with Gasteiger partial charge in [-0.25, -0.2) is 13.6 Å². The van der Waals surface area contributed by atoms with Gasteiger partial charge in [-0.15, -0.1) is 0 Å². The van der Waals surface area contributed by atoms with E-state index in [2.05, 4.69) is 5.32 Å². The van der Waals surface area contributed by atoms with Crippen molar-refractivity contribution in [3.05, 3.63) is 29.8 Å². The third-order valence-electron chi connectivity index (χ3n) is 2.34. The number of anilines is 1. The Morgan fingerprint density at radius 2 is 1.94 bits per heavy atom. The highest BCUT2D eigenvalue weighted by Gasteiger charge is 2.10. The molecule has 2 amide bonds. The van der Waals surface area contributed by atoms with Crippen LogP contribution in [0.2, 0.25) is 0 Å². The molecule has 6 heteroatoms. The first kappa shape index (κ1) is 14.4. The number of aliphatic hydroxyl groups is 1. The molecule has 0 saturated heterocycles. The van der Waals surface area contributed by atoms with E-state index in [-0.39, 0.29) is 5.69 Å². The zero-order valence-corrected chi connectivity index (χ0v) is 10.3. The zero-order valence-electron chi connectivity index (χ0n) is 10.3. The molecule has 0 aliphatic carbocycles. The normalized spacial score (nSPS) is 12.1. The number of nitrogens with zero attached hydrogens (tertiary/aromatic N) is 1. The van der Waals surface area contributed by atoms with E-state index >= 15 is 0 Å². The molecule has 0 spiro atoms. The van der Waals surface area contributed by atoms with Crippen LogP contribution in [0.3, 0.4) is 0 Å². The summed E-state index contributed by atoms with van der Waals surface area (Å²) in [5, 5.41) is 11.5. The van der Waals surface area contributed by atoms with Crippen molar-refractivity contribution in [3.8, 4) is 0 Å². The molecule has 0 radical (unpaired) electrons. The predicted octanol–water partition coefficient (Wildman–Crippen LogP) is 2.20. The summed E-state index contributed by atoms with van der Waals surface area (Å²) in [5.74, 6) is -1.51. The fraction of sp³-hybridized carbons (Fsp3) is 0.417. The first-order chi connectivity index (χ1) is 8.38. The van der Waals surface area contributed by atoms with E-state index in [4.69, 9.17) is 5.11 Å². The monoisotopic (exact) mass is 258 g/mol. The van der Waals surface area contributed by atoms with Crippen molar-refractivity contribution in [2.45, 2.75) is 19.4 Å². The number of hydrogen-bond acceptors (Lipinski definition) is 2. The molecule has 1 aromatic rings. The van der Waals surface area contributed by atoms with Crippen LogP contribution in [-0.4, -0.2) is 35.7 Å². The number of aliphatic hydroxyl groups excluding tert-OH is 1. The van der Waals surface area contributed by atoms with Crippen molar-refractivity contribution in [2.75, 3.05) is 18.9 Å². The molecule has 0 fully saturated rings. The van der Waals surface area contributed by atoms with Gasteiger partial charge in [-0.1, -0.05) is 0 Å². The topological polar surface area (TPSA) is 52.6 Å². The van der Waals surface area contributed by atoms with Crippen LogP contribution in [0.1, 0.15) is 13.3 Å². The van der Waals surface area contributed by atoms with Gasteiger partial charge in [0.05, 0.1) is 6.10 Å². The zero-order chi connectivity index (χ0) is 13.7. The molecule has 0 heterocycles. The van der Waals surface area contributed by atoms with Crippen LogP contribution in [0, 0.1) is 11.6 Å². The van der Waals surface area contributed by atoms with Gasteiger partial charge in [-0.2, -0.15) is 0 Å². The second kappa shape index (κ2) is 6.30. The van der Waals surface area contributed by atoms with Crippen LogP contribution in [0.25, 0.3) is 0 Å². The van der Waals surface area contributed by atoms with Gasteiger partial charge in [0, 0.05) is 25.3 Å².